The lowest BCUT2D eigenvalue weighted by atomic mass is 10.2. The van der Waals surface area contributed by atoms with Crippen molar-refractivity contribution in [1.82, 2.24) is 19.6 Å². The Hall–Kier alpha value is -2.62. The lowest BCUT2D eigenvalue weighted by Gasteiger charge is -2.07. The topological polar surface area (TPSA) is 108 Å². The van der Waals surface area contributed by atoms with Gasteiger partial charge in [0, 0.05) is 28.9 Å². The van der Waals surface area contributed by atoms with Crippen molar-refractivity contribution in [3.05, 3.63) is 66.5 Å². The molecule has 0 saturated carbocycles. The molecule has 12 heteroatoms. The fourth-order valence-electron chi connectivity index (χ4n) is 2.69. The molecular weight excluding hydrogens is 431 g/mol. The van der Waals surface area contributed by atoms with Crippen molar-refractivity contribution >= 4 is 52.2 Å². The predicted octanol–water partition coefficient (Wildman–Crippen LogP) is 4.09. The van der Waals surface area contributed by atoms with Crippen LogP contribution in [0.1, 0.15) is 21.7 Å². The number of nitrogens with zero attached hydrogens (tertiary/aromatic N) is 5. The SMILES string of the molecule is Cc1nn(C)c(C(=O)Nc2nn(Cc3c(Cl)cccc3Cl)cc2Cl)c1[N+](=O)[O-]. The molecule has 28 heavy (non-hydrogen) atoms. The van der Waals surface area contributed by atoms with Crippen LogP contribution in [0.4, 0.5) is 11.5 Å². The molecule has 9 nitrogen and oxygen atoms in total. The Morgan fingerprint density at radius 1 is 1.21 bits per heavy atom. The van der Waals surface area contributed by atoms with Gasteiger partial charge in [0.25, 0.3) is 5.91 Å². The summed E-state index contributed by atoms with van der Waals surface area (Å²) in [7, 11) is 1.44. The van der Waals surface area contributed by atoms with Gasteiger partial charge in [-0.2, -0.15) is 10.2 Å². The lowest BCUT2D eigenvalue weighted by Crippen LogP contribution is -2.18. The lowest BCUT2D eigenvalue weighted by molar-refractivity contribution is -0.385. The van der Waals surface area contributed by atoms with Crippen molar-refractivity contribution in [2.45, 2.75) is 13.5 Å². The van der Waals surface area contributed by atoms with Gasteiger partial charge in [-0.05, 0) is 19.1 Å². The van der Waals surface area contributed by atoms with E-state index in [2.05, 4.69) is 15.5 Å². The summed E-state index contributed by atoms with van der Waals surface area (Å²) in [6.07, 6.45) is 1.49. The number of carbonyl (C=O) groups is 1. The fraction of sp³-hybridized carbons (Fsp3) is 0.188. The van der Waals surface area contributed by atoms with Crippen LogP contribution in [0.2, 0.25) is 15.1 Å². The molecule has 1 N–H and O–H groups in total. The molecule has 1 aromatic carbocycles. The third-order valence-corrected chi connectivity index (χ3v) is 4.90. The van der Waals surface area contributed by atoms with Gasteiger partial charge in [-0.1, -0.05) is 40.9 Å². The minimum atomic E-state index is -0.752. The third-order valence-electron chi connectivity index (χ3n) is 3.92. The number of nitrogens with one attached hydrogen (secondary N) is 1. The second kappa shape index (κ2) is 7.78. The zero-order valence-electron chi connectivity index (χ0n) is 14.6. The first-order chi connectivity index (χ1) is 13.2. The summed E-state index contributed by atoms with van der Waals surface area (Å²) in [5.41, 5.74) is 0.184. The van der Waals surface area contributed by atoms with Gasteiger partial charge < -0.3 is 5.32 Å². The fourth-order valence-corrected chi connectivity index (χ4v) is 3.41. The van der Waals surface area contributed by atoms with E-state index >= 15 is 0 Å². The van der Waals surface area contributed by atoms with Crippen LogP contribution in [-0.4, -0.2) is 30.4 Å². The number of halogens is 3. The summed E-state index contributed by atoms with van der Waals surface area (Å²) in [5, 5.41) is 22.9. The van der Waals surface area contributed by atoms with Crippen LogP contribution in [-0.2, 0) is 13.6 Å². The van der Waals surface area contributed by atoms with Gasteiger partial charge in [0.2, 0.25) is 5.69 Å². The van der Waals surface area contributed by atoms with Gasteiger partial charge in [-0.15, -0.1) is 0 Å². The maximum Gasteiger partial charge on any atom is 0.322 e. The standard InChI is InChI=1S/C16H13Cl3N6O3/c1-8-13(25(27)28)14(23(2)21-8)16(26)20-15-12(19)7-24(22-15)6-9-10(17)4-3-5-11(9)18/h3-5,7H,6H2,1-2H3,(H,20,22,26). The van der Waals surface area contributed by atoms with Crippen molar-refractivity contribution < 1.29 is 9.72 Å². The Morgan fingerprint density at radius 2 is 1.86 bits per heavy atom. The van der Waals surface area contributed by atoms with E-state index < -0.39 is 10.8 Å². The number of aryl methyl sites for hydroxylation is 2. The summed E-state index contributed by atoms with van der Waals surface area (Å²) in [6, 6.07) is 5.11. The maximum absolute atomic E-state index is 12.6. The predicted molar refractivity (Wildman–Crippen MR) is 105 cm³/mol. The number of amides is 1. The number of anilines is 1. The van der Waals surface area contributed by atoms with Gasteiger partial charge in [-0.25, -0.2) is 0 Å². The Bertz CT molecular complexity index is 1070. The first-order valence-corrected chi connectivity index (χ1v) is 8.97. The molecule has 3 aromatic rings. The van der Waals surface area contributed by atoms with E-state index in [1.165, 1.54) is 24.9 Å². The number of carbonyl (C=O) groups excluding carboxylic acids is 1. The van der Waals surface area contributed by atoms with Crippen LogP contribution in [0.25, 0.3) is 0 Å². The highest BCUT2D eigenvalue weighted by Gasteiger charge is 2.30. The number of rotatable bonds is 5. The van der Waals surface area contributed by atoms with Gasteiger partial charge in [-0.3, -0.25) is 24.3 Å². The van der Waals surface area contributed by atoms with Crippen molar-refractivity contribution in [2.24, 2.45) is 7.05 Å². The van der Waals surface area contributed by atoms with E-state index in [0.29, 0.717) is 15.6 Å². The molecular formula is C16H13Cl3N6O3. The average molecular weight is 444 g/mol. The van der Waals surface area contributed by atoms with Gasteiger partial charge in [0.15, 0.2) is 5.82 Å². The third kappa shape index (κ3) is 3.82. The zero-order chi connectivity index (χ0) is 20.6. The number of benzene rings is 1. The highest BCUT2D eigenvalue weighted by molar-refractivity contribution is 6.36. The van der Waals surface area contributed by atoms with Crippen molar-refractivity contribution in [3.63, 3.8) is 0 Å². The van der Waals surface area contributed by atoms with E-state index in [0.717, 1.165) is 4.68 Å². The molecule has 0 fully saturated rings. The second-order valence-electron chi connectivity index (χ2n) is 5.84. The van der Waals surface area contributed by atoms with Crippen LogP contribution in [0, 0.1) is 17.0 Å². The molecule has 0 saturated heterocycles. The maximum atomic E-state index is 12.6. The van der Waals surface area contributed by atoms with E-state index in [9.17, 15) is 14.9 Å². The van der Waals surface area contributed by atoms with Crippen LogP contribution >= 0.6 is 34.8 Å². The van der Waals surface area contributed by atoms with E-state index in [1.807, 2.05) is 0 Å². The normalized spacial score (nSPS) is 10.9. The van der Waals surface area contributed by atoms with Crippen LogP contribution in [0.3, 0.4) is 0 Å². The molecule has 0 spiro atoms. The summed E-state index contributed by atoms with van der Waals surface area (Å²) < 4.78 is 2.59. The Labute approximate surface area is 173 Å². The second-order valence-corrected chi connectivity index (χ2v) is 7.06. The van der Waals surface area contributed by atoms with Crippen molar-refractivity contribution in [1.29, 1.82) is 0 Å². The Morgan fingerprint density at radius 3 is 2.46 bits per heavy atom. The average Bonchev–Trinajstić information content (AvgIpc) is 3.09. The molecule has 1 amide bonds. The molecule has 0 aliphatic heterocycles. The molecule has 0 bridgehead atoms. The number of nitro groups is 1. The van der Waals surface area contributed by atoms with Crippen LogP contribution < -0.4 is 5.32 Å². The van der Waals surface area contributed by atoms with E-state index in [-0.39, 0.29) is 34.5 Å². The highest BCUT2D eigenvalue weighted by atomic mass is 35.5. The summed E-state index contributed by atoms with van der Waals surface area (Å²) in [5.74, 6) is -0.708. The van der Waals surface area contributed by atoms with Crippen LogP contribution in [0.5, 0.6) is 0 Å². The summed E-state index contributed by atoms with van der Waals surface area (Å²) in [6.45, 7) is 1.67. The molecule has 0 aliphatic carbocycles. The van der Waals surface area contributed by atoms with Gasteiger partial charge in [0.1, 0.15) is 10.7 Å². The quantitative estimate of drug-likeness (QED) is 0.472. The molecule has 146 valence electrons. The van der Waals surface area contributed by atoms with Crippen molar-refractivity contribution in [2.75, 3.05) is 5.32 Å². The molecule has 0 aliphatic rings. The first-order valence-electron chi connectivity index (χ1n) is 7.84. The minimum Gasteiger partial charge on any atom is -0.302 e. The zero-order valence-corrected chi connectivity index (χ0v) is 16.9. The number of aromatic nitrogens is 4. The molecule has 2 heterocycles. The monoisotopic (exact) mass is 442 g/mol. The van der Waals surface area contributed by atoms with Crippen LogP contribution in [0.15, 0.2) is 24.4 Å². The largest absolute Gasteiger partial charge is 0.322 e. The van der Waals surface area contributed by atoms with Gasteiger partial charge >= 0.3 is 5.69 Å². The first kappa shape index (κ1) is 20.1. The molecule has 0 atom stereocenters. The number of hydrogen-bond acceptors (Lipinski definition) is 5. The summed E-state index contributed by atoms with van der Waals surface area (Å²) >= 11 is 18.5. The van der Waals surface area contributed by atoms with E-state index in [1.54, 1.807) is 18.2 Å². The Balaban J connectivity index is 1.87. The molecule has 3 rings (SSSR count). The van der Waals surface area contributed by atoms with Gasteiger partial charge in [0.05, 0.1) is 11.5 Å². The minimum absolute atomic E-state index is 0.0444. The van der Waals surface area contributed by atoms with E-state index in [4.69, 9.17) is 34.8 Å². The Kier molecular flexibility index (Phi) is 5.59. The molecule has 0 radical (unpaired) electrons. The summed E-state index contributed by atoms with van der Waals surface area (Å²) in [4.78, 5) is 23.2. The smallest absolute Gasteiger partial charge is 0.302 e. The highest BCUT2D eigenvalue weighted by Crippen LogP contribution is 2.28. The van der Waals surface area contributed by atoms with Crippen molar-refractivity contribution in [3.8, 4) is 0 Å². The number of hydrogen-bond donors (Lipinski definition) is 1. The molecule has 2 aromatic heterocycles. The molecule has 0 unspecified atom stereocenters.